The number of methoxy groups -OCH3 is 2. The summed E-state index contributed by atoms with van der Waals surface area (Å²) in [5.41, 5.74) is -0.946. The van der Waals surface area contributed by atoms with E-state index in [1.807, 2.05) is 0 Å². The van der Waals surface area contributed by atoms with Gasteiger partial charge in [0.15, 0.2) is 11.5 Å². The fourth-order valence-corrected chi connectivity index (χ4v) is 2.13. The first-order chi connectivity index (χ1) is 9.22. The SMILES string of the molecule is COc1cc(C(F)F)c(C(C)(C)CC(=O)O)cc1OC. The van der Waals surface area contributed by atoms with Crippen LogP contribution in [-0.2, 0) is 10.2 Å². The molecule has 0 unspecified atom stereocenters. The molecule has 0 saturated carbocycles. The Morgan fingerprint density at radius 2 is 1.75 bits per heavy atom. The molecular formula is C14H18F2O4. The number of rotatable bonds is 6. The van der Waals surface area contributed by atoms with Crippen LogP contribution in [0.2, 0.25) is 0 Å². The lowest BCUT2D eigenvalue weighted by Gasteiger charge is -2.27. The maximum atomic E-state index is 13.2. The van der Waals surface area contributed by atoms with Crippen molar-refractivity contribution >= 4 is 5.97 Å². The van der Waals surface area contributed by atoms with Crippen molar-refractivity contribution in [1.82, 2.24) is 0 Å². The van der Waals surface area contributed by atoms with Crippen molar-refractivity contribution < 1.29 is 28.2 Å². The summed E-state index contributed by atoms with van der Waals surface area (Å²) in [5.74, 6) is -0.562. The van der Waals surface area contributed by atoms with Gasteiger partial charge in [0.2, 0.25) is 0 Å². The molecule has 0 bridgehead atoms. The van der Waals surface area contributed by atoms with Gasteiger partial charge in [-0.25, -0.2) is 8.78 Å². The second-order valence-electron chi connectivity index (χ2n) is 5.05. The smallest absolute Gasteiger partial charge is 0.304 e. The Morgan fingerprint density at radius 1 is 1.25 bits per heavy atom. The van der Waals surface area contributed by atoms with E-state index in [0.717, 1.165) is 0 Å². The fraction of sp³-hybridized carbons (Fsp3) is 0.500. The van der Waals surface area contributed by atoms with Gasteiger partial charge < -0.3 is 14.6 Å². The lowest BCUT2D eigenvalue weighted by atomic mass is 9.79. The van der Waals surface area contributed by atoms with Crippen LogP contribution in [0.1, 0.15) is 37.8 Å². The molecule has 0 aromatic heterocycles. The van der Waals surface area contributed by atoms with Crippen molar-refractivity contribution in [3.63, 3.8) is 0 Å². The van der Waals surface area contributed by atoms with Gasteiger partial charge in [-0.15, -0.1) is 0 Å². The third-order valence-electron chi connectivity index (χ3n) is 3.11. The summed E-state index contributed by atoms with van der Waals surface area (Å²) < 4.78 is 36.5. The number of hydrogen-bond acceptors (Lipinski definition) is 3. The van der Waals surface area contributed by atoms with Crippen molar-refractivity contribution in [3.05, 3.63) is 23.3 Å². The normalized spacial score (nSPS) is 11.6. The van der Waals surface area contributed by atoms with Crippen molar-refractivity contribution in [3.8, 4) is 11.5 Å². The highest BCUT2D eigenvalue weighted by molar-refractivity contribution is 5.69. The Kier molecular flexibility index (Phi) is 4.92. The number of carbonyl (C=O) groups is 1. The molecule has 0 aliphatic heterocycles. The number of aliphatic carboxylic acids is 1. The topological polar surface area (TPSA) is 55.8 Å². The summed E-state index contributed by atoms with van der Waals surface area (Å²) in [5, 5.41) is 8.92. The zero-order valence-electron chi connectivity index (χ0n) is 11.9. The molecule has 4 nitrogen and oxygen atoms in total. The molecule has 0 atom stereocenters. The van der Waals surface area contributed by atoms with Crippen molar-refractivity contribution in [2.45, 2.75) is 32.1 Å². The average Bonchev–Trinajstić information content (AvgIpc) is 2.35. The van der Waals surface area contributed by atoms with Gasteiger partial charge in [0.1, 0.15) is 0 Å². The minimum atomic E-state index is -2.72. The molecule has 0 saturated heterocycles. The van der Waals surface area contributed by atoms with Gasteiger partial charge in [-0.2, -0.15) is 0 Å². The van der Waals surface area contributed by atoms with Crippen LogP contribution in [0, 0.1) is 0 Å². The third kappa shape index (κ3) is 3.37. The average molecular weight is 288 g/mol. The maximum Gasteiger partial charge on any atom is 0.304 e. The van der Waals surface area contributed by atoms with Gasteiger partial charge in [-0.1, -0.05) is 13.8 Å². The van der Waals surface area contributed by atoms with E-state index in [2.05, 4.69) is 0 Å². The Bertz CT molecular complexity index is 498. The minimum Gasteiger partial charge on any atom is -0.493 e. The lowest BCUT2D eigenvalue weighted by Crippen LogP contribution is -2.23. The molecule has 6 heteroatoms. The first kappa shape index (κ1) is 16.2. The highest BCUT2D eigenvalue weighted by Crippen LogP contribution is 2.41. The molecule has 0 amide bonds. The zero-order chi connectivity index (χ0) is 15.5. The van der Waals surface area contributed by atoms with E-state index in [4.69, 9.17) is 14.6 Å². The Labute approximate surface area is 116 Å². The van der Waals surface area contributed by atoms with Crippen LogP contribution >= 0.6 is 0 Å². The summed E-state index contributed by atoms with van der Waals surface area (Å²) in [4.78, 5) is 10.9. The van der Waals surface area contributed by atoms with Crippen LogP contribution in [0.15, 0.2) is 12.1 Å². The second-order valence-corrected chi connectivity index (χ2v) is 5.05. The largest absolute Gasteiger partial charge is 0.493 e. The van der Waals surface area contributed by atoms with E-state index in [9.17, 15) is 13.6 Å². The maximum absolute atomic E-state index is 13.2. The van der Waals surface area contributed by atoms with Gasteiger partial charge in [-0.3, -0.25) is 4.79 Å². The quantitative estimate of drug-likeness (QED) is 0.871. The van der Waals surface area contributed by atoms with Crippen LogP contribution in [0.5, 0.6) is 11.5 Å². The summed E-state index contributed by atoms with van der Waals surface area (Å²) in [6.07, 6.45) is -2.99. The number of ether oxygens (including phenoxy) is 2. The molecule has 1 N–H and O–H groups in total. The summed E-state index contributed by atoms with van der Waals surface area (Å²) in [7, 11) is 2.75. The number of halogens is 2. The van der Waals surface area contributed by atoms with E-state index in [1.54, 1.807) is 13.8 Å². The summed E-state index contributed by atoms with van der Waals surface area (Å²) in [6.45, 7) is 3.21. The number of carboxylic acids is 1. The van der Waals surface area contributed by atoms with Crippen LogP contribution in [0.4, 0.5) is 8.78 Å². The standard InChI is InChI=1S/C14H18F2O4/c1-14(2,7-12(17)18)9-6-11(20-4)10(19-3)5-8(9)13(15)16/h5-6,13H,7H2,1-4H3,(H,17,18). The zero-order valence-corrected chi connectivity index (χ0v) is 11.9. The van der Waals surface area contributed by atoms with Crippen LogP contribution in [-0.4, -0.2) is 25.3 Å². The molecule has 1 aromatic carbocycles. The molecule has 0 spiro atoms. The number of carboxylic acid groups (broad SMARTS) is 1. The molecule has 20 heavy (non-hydrogen) atoms. The molecule has 0 heterocycles. The predicted molar refractivity (Wildman–Crippen MR) is 69.8 cm³/mol. The van der Waals surface area contributed by atoms with Crippen LogP contribution in [0.25, 0.3) is 0 Å². The number of benzene rings is 1. The molecule has 112 valence electrons. The highest BCUT2D eigenvalue weighted by Gasteiger charge is 2.31. The van der Waals surface area contributed by atoms with E-state index >= 15 is 0 Å². The monoisotopic (exact) mass is 288 g/mol. The van der Waals surface area contributed by atoms with Gasteiger partial charge >= 0.3 is 5.97 Å². The fourth-order valence-electron chi connectivity index (χ4n) is 2.13. The van der Waals surface area contributed by atoms with E-state index < -0.39 is 17.8 Å². The number of hydrogen-bond donors (Lipinski definition) is 1. The molecule has 1 rings (SSSR count). The van der Waals surface area contributed by atoms with Crippen LogP contribution < -0.4 is 9.47 Å². The molecule has 0 fully saturated rings. The van der Waals surface area contributed by atoms with Crippen molar-refractivity contribution in [2.24, 2.45) is 0 Å². The van der Waals surface area contributed by atoms with Crippen molar-refractivity contribution in [1.29, 1.82) is 0 Å². The molecule has 0 radical (unpaired) electrons. The Balaban J connectivity index is 3.46. The van der Waals surface area contributed by atoms with E-state index in [-0.39, 0.29) is 23.3 Å². The Morgan fingerprint density at radius 3 is 2.15 bits per heavy atom. The first-order valence-corrected chi connectivity index (χ1v) is 5.99. The first-order valence-electron chi connectivity index (χ1n) is 5.99. The highest BCUT2D eigenvalue weighted by atomic mass is 19.3. The van der Waals surface area contributed by atoms with E-state index in [1.165, 1.54) is 26.4 Å². The molecular weight excluding hydrogens is 270 g/mol. The molecule has 1 aromatic rings. The van der Waals surface area contributed by atoms with E-state index in [0.29, 0.717) is 5.75 Å². The Hall–Kier alpha value is -1.85. The lowest BCUT2D eigenvalue weighted by molar-refractivity contribution is -0.138. The van der Waals surface area contributed by atoms with Gasteiger partial charge in [0, 0.05) is 11.0 Å². The van der Waals surface area contributed by atoms with Gasteiger partial charge in [0.05, 0.1) is 20.6 Å². The predicted octanol–water partition coefficient (Wildman–Crippen LogP) is 3.39. The second kappa shape index (κ2) is 6.07. The summed E-state index contributed by atoms with van der Waals surface area (Å²) >= 11 is 0. The number of alkyl halides is 2. The minimum absolute atomic E-state index is 0.192. The van der Waals surface area contributed by atoms with Crippen molar-refractivity contribution in [2.75, 3.05) is 14.2 Å². The summed E-state index contributed by atoms with van der Waals surface area (Å²) in [6, 6.07) is 2.62. The van der Waals surface area contributed by atoms with Crippen LogP contribution in [0.3, 0.4) is 0 Å². The molecule has 0 aliphatic carbocycles. The third-order valence-corrected chi connectivity index (χ3v) is 3.11. The molecule has 0 aliphatic rings. The van der Waals surface area contributed by atoms with Gasteiger partial charge in [-0.05, 0) is 17.7 Å². The van der Waals surface area contributed by atoms with Gasteiger partial charge in [0.25, 0.3) is 6.43 Å².